The summed E-state index contributed by atoms with van der Waals surface area (Å²) in [4.78, 5) is 4.12. The van der Waals surface area contributed by atoms with Gasteiger partial charge in [-0.15, -0.1) is 0 Å². The molecule has 2 heteroatoms. The van der Waals surface area contributed by atoms with Gasteiger partial charge in [-0.3, -0.25) is 4.98 Å². The molecule has 0 aliphatic carbocycles. The maximum atomic E-state index is 4.12. The van der Waals surface area contributed by atoms with Crippen molar-refractivity contribution in [2.45, 2.75) is 0 Å². The Morgan fingerprint density at radius 2 is 1.79 bits per heavy atom. The molecule has 14 heavy (non-hydrogen) atoms. The first-order valence-corrected chi connectivity index (χ1v) is 5.43. The Hall–Kier alpha value is -1.46. The predicted octanol–water partition coefficient (Wildman–Crippen LogP) is 3.92. The monoisotopic (exact) mass is 197 g/mol. The Labute approximate surface area is 83.9 Å². The fourth-order valence-corrected chi connectivity index (χ4v) is 2.90. The van der Waals surface area contributed by atoms with Gasteiger partial charge in [0.25, 0.3) is 0 Å². The molecule has 66 valence electrons. The lowest BCUT2D eigenvalue weighted by Gasteiger charge is -1.90. The van der Waals surface area contributed by atoms with Crippen LogP contribution in [0, 0.1) is 0 Å². The van der Waals surface area contributed by atoms with E-state index in [1.54, 1.807) is 0 Å². The Bertz CT molecular complexity index is 562. The number of hydrogen-bond donors (Lipinski definition) is 0. The SMILES string of the molecule is c1ccc2c3ccnccc-3pc2c1. The lowest BCUT2D eigenvalue weighted by Crippen LogP contribution is -1.65. The summed E-state index contributed by atoms with van der Waals surface area (Å²) in [6.07, 6.45) is 3.72. The average molecular weight is 197 g/mol. The smallest absolute Gasteiger partial charge is 0.0277 e. The van der Waals surface area contributed by atoms with Gasteiger partial charge in [0.05, 0.1) is 0 Å². The molecule has 0 spiro atoms. The molecule has 3 rings (SSSR count). The summed E-state index contributed by atoms with van der Waals surface area (Å²) in [5.74, 6) is 0. The second-order valence-corrected chi connectivity index (χ2v) is 4.40. The Morgan fingerprint density at radius 1 is 0.929 bits per heavy atom. The van der Waals surface area contributed by atoms with Gasteiger partial charge in [0.15, 0.2) is 0 Å². The van der Waals surface area contributed by atoms with E-state index in [9.17, 15) is 0 Å². The number of aromatic nitrogens is 1. The third-order valence-corrected chi connectivity index (χ3v) is 3.62. The van der Waals surface area contributed by atoms with Crippen LogP contribution in [0.25, 0.3) is 21.4 Å². The van der Waals surface area contributed by atoms with Crippen molar-refractivity contribution in [1.82, 2.24) is 4.98 Å². The first-order chi connectivity index (χ1) is 6.95. The highest BCUT2D eigenvalue weighted by molar-refractivity contribution is 7.41. The van der Waals surface area contributed by atoms with Crippen molar-refractivity contribution in [2.24, 2.45) is 0 Å². The first kappa shape index (κ1) is 7.90. The van der Waals surface area contributed by atoms with Crippen LogP contribution in [0.1, 0.15) is 0 Å². The van der Waals surface area contributed by atoms with Gasteiger partial charge >= 0.3 is 0 Å². The van der Waals surface area contributed by atoms with Gasteiger partial charge in [-0.05, 0) is 29.1 Å². The number of hydrogen-bond acceptors (Lipinski definition) is 1. The minimum absolute atomic E-state index is 1.30. The molecule has 0 fully saturated rings. The van der Waals surface area contributed by atoms with E-state index in [1.807, 2.05) is 12.4 Å². The van der Waals surface area contributed by atoms with E-state index in [4.69, 9.17) is 0 Å². The van der Waals surface area contributed by atoms with E-state index < -0.39 is 0 Å². The summed E-state index contributed by atoms with van der Waals surface area (Å²) < 4.78 is 0. The molecular formula is C12H8NP. The summed E-state index contributed by atoms with van der Waals surface area (Å²) in [6.45, 7) is 0. The van der Waals surface area contributed by atoms with Crippen LogP contribution in [-0.4, -0.2) is 4.98 Å². The standard InChI is InChI=1S/C12H8NP/c1-2-4-11-9(3-1)10-5-7-13-8-6-12(10)14-11/h1-8H. The van der Waals surface area contributed by atoms with Crippen LogP contribution in [0.5, 0.6) is 0 Å². The van der Waals surface area contributed by atoms with Crippen molar-refractivity contribution in [2.75, 3.05) is 0 Å². The Balaban J connectivity index is 2.52. The van der Waals surface area contributed by atoms with E-state index in [2.05, 4.69) is 41.4 Å². The number of nitrogens with zero attached hydrogens (tertiary/aromatic N) is 1. The summed E-state index contributed by atoms with van der Waals surface area (Å²) >= 11 is 0. The van der Waals surface area contributed by atoms with Gasteiger partial charge in [0.1, 0.15) is 0 Å². The highest BCUT2D eigenvalue weighted by Crippen LogP contribution is 2.41. The van der Waals surface area contributed by atoms with E-state index in [1.165, 1.54) is 29.6 Å². The maximum Gasteiger partial charge on any atom is 0.0277 e. The summed E-state index contributed by atoms with van der Waals surface area (Å²) in [7, 11) is 1.30. The quantitative estimate of drug-likeness (QED) is 0.532. The largest absolute Gasteiger partial charge is 0.265 e. The third kappa shape index (κ3) is 1.10. The lowest BCUT2D eigenvalue weighted by atomic mass is 10.1. The second-order valence-electron chi connectivity index (χ2n) is 3.21. The molecule has 0 amide bonds. The number of benzene rings is 1. The molecular weight excluding hydrogens is 189 g/mol. The molecule has 2 heterocycles. The van der Waals surface area contributed by atoms with Crippen molar-refractivity contribution >= 4 is 18.7 Å². The topological polar surface area (TPSA) is 12.9 Å². The number of fused-ring (bicyclic) bond motifs is 3. The van der Waals surface area contributed by atoms with Crippen LogP contribution in [0.15, 0.2) is 48.8 Å². The Kier molecular flexibility index (Phi) is 1.71. The van der Waals surface area contributed by atoms with Crippen LogP contribution >= 0.6 is 8.19 Å². The van der Waals surface area contributed by atoms with Gasteiger partial charge in [0.2, 0.25) is 0 Å². The van der Waals surface area contributed by atoms with Crippen LogP contribution in [0.2, 0.25) is 0 Å². The zero-order valence-corrected chi connectivity index (χ0v) is 8.41. The molecule has 0 saturated carbocycles. The minimum Gasteiger partial charge on any atom is -0.265 e. The Morgan fingerprint density at radius 3 is 2.79 bits per heavy atom. The van der Waals surface area contributed by atoms with Gasteiger partial charge in [0, 0.05) is 22.8 Å². The van der Waals surface area contributed by atoms with Crippen LogP contribution < -0.4 is 0 Å². The highest BCUT2D eigenvalue weighted by atomic mass is 31.0. The molecule has 1 nitrogen and oxygen atoms in total. The molecule has 1 aromatic carbocycles. The second kappa shape index (κ2) is 3.04. The maximum absolute atomic E-state index is 4.12. The van der Waals surface area contributed by atoms with Crippen molar-refractivity contribution in [1.29, 1.82) is 0 Å². The lowest BCUT2D eigenvalue weighted by molar-refractivity contribution is 1.37. The van der Waals surface area contributed by atoms with Crippen LogP contribution in [0.4, 0.5) is 0 Å². The van der Waals surface area contributed by atoms with E-state index in [0.29, 0.717) is 0 Å². The fraction of sp³-hybridized carbons (Fsp3) is 0. The zero-order chi connectivity index (χ0) is 9.38. The van der Waals surface area contributed by atoms with Crippen molar-refractivity contribution in [3.8, 4) is 10.9 Å². The average Bonchev–Trinajstić information content (AvgIpc) is 2.42. The first-order valence-electron chi connectivity index (χ1n) is 4.53. The van der Waals surface area contributed by atoms with E-state index >= 15 is 0 Å². The summed E-state index contributed by atoms with van der Waals surface area (Å²) in [5.41, 5.74) is 1.32. The van der Waals surface area contributed by atoms with Crippen molar-refractivity contribution < 1.29 is 0 Å². The molecule has 0 saturated heterocycles. The molecule has 0 atom stereocenters. The zero-order valence-electron chi connectivity index (χ0n) is 7.51. The summed E-state index contributed by atoms with van der Waals surface area (Å²) in [6, 6.07) is 12.7. The molecule has 2 aliphatic heterocycles. The highest BCUT2D eigenvalue weighted by Gasteiger charge is 2.07. The molecule has 1 aromatic rings. The van der Waals surface area contributed by atoms with Crippen LogP contribution in [0.3, 0.4) is 0 Å². The van der Waals surface area contributed by atoms with Crippen molar-refractivity contribution in [3.05, 3.63) is 48.8 Å². The minimum atomic E-state index is 1.30. The summed E-state index contributed by atoms with van der Waals surface area (Å²) in [5, 5.41) is 4.10. The normalized spacial score (nSPS) is 11.4. The van der Waals surface area contributed by atoms with E-state index in [0.717, 1.165) is 0 Å². The number of rotatable bonds is 0. The van der Waals surface area contributed by atoms with E-state index in [-0.39, 0.29) is 0 Å². The molecule has 0 unspecified atom stereocenters. The molecule has 0 aromatic heterocycles. The molecule has 2 aliphatic rings. The van der Waals surface area contributed by atoms with Crippen LogP contribution in [-0.2, 0) is 0 Å². The predicted molar refractivity (Wildman–Crippen MR) is 60.9 cm³/mol. The van der Waals surface area contributed by atoms with Gasteiger partial charge in [-0.1, -0.05) is 26.4 Å². The molecule has 0 N–H and O–H groups in total. The fourth-order valence-electron chi connectivity index (χ4n) is 1.71. The molecule has 0 bridgehead atoms. The molecule has 0 radical (unpaired) electrons. The van der Waals surface area contributed by atoms with Crippen molar-refractivity contribution in [3.63, 3.8) is 0 Å². The van der Waals surface area contributed by atoms with Gasteiger partial charge < -0.3 is 0 Å². The third-order valence-electron chi connectivity index (χ3n) is 2.36. The van der Waals surface area contributed by atoms with Gasteiger partial charge in [-0.25, -0.2) is 0 Å². The van der Waals surface area contributed by atoms with Gasteiger partial charge in [-0.2, -0.15) is 0 Å².